The van der Waals surface area contributed by atoms with Gasteiger partial charge >= 0.3 is 5.88 Å². The van der Waals surface area contributed by atoms with Crippen LogP contribution in [0, 0.1) is 17.0 Å². The van der Waals surface area contributed by atoms with E-state index in [9.17, 15) is 10.1 Å². The second-order valence-electron chi connectivity index (χ2n) is 3.09. The van der Waals surface area contributed by atoms with Crippen LogP contribution >= 0.6 is 0 Å². The normalized spacial score (nSPS) is 10.1. The number of hydrogen-bond acceptors (Lipinski definition) is 5. The standard InChI is InChI=1S/C10H8N2O4/c1-7-2-3-8(6-11-7)15-10-5-4-9(16-10)12(13)14/h2-6H,1H3. The molecule has 0 bridgehead atoms. The minimum atomic E-state index is -0.625. The van der Waals surface area contributed by atoms with E-state index in [0.717, 1.165) is 5.69 Å². The van der Waals surface area contributed by atoms with Crippen LogP contribution in [0.1, 0.15) is 5.69 Å². The lowest BCUT2D eigenvalue weighted by Crippen LogP contribution is -1.85. The lowest BCUT2D eigenvalue weighted by molar-refractivity contribution is -0.402. The van der Waals surface area contributed by atoms with Crippen LogP contribution in [-0.4, -0.2) is 9.91 Å². The first-order chi connectivity index (χ1) is 7.65. The number of rotatable bonds is 3. The van der Waals surface area contributed by atoms with E-state index < -0.39 is 4.92 Å². The largest absolute Gasteiger partial charge is 0.436 e. The maximum absolute atomic E-state index is 10.4. The van der Waals surface area contributed by atoms with E-state index in [2.05, 4.69) is 4.98 Å². The van der Waals surface area contributed by atoms with Gasteiger partial charge in [-0.1, -0.05) is 0 Å². The molecule has 2 heterocycles. The SMILES string of the molecule is Cc1ccc(Oc2ccc([N+](=O)[O-])o2)cn1. The summed E-state index contributed by atoms with van der Waals surface area (Å²) in [4.78, 5) is 13.7. The number of nitro groups is 1. The van der Waals surface area contributed by atoms with E-state index >= 15 is 0 Å². The third-order valence-corrected chi connectivity index (χ3v) is 1.85. The number of aryl methyl sites for hydroxylation is 1. The number of ether oxygens (including phenoxy) is 1. The van der Waals surface area contributed by atoms with Crippen LogP contribution in [0.2, 0.25) is 0 Å². The Balaban J connectivity index is 2.14. The zero-order chi connectivity index (χ0) is 11.5. The molecule has 6 heteroatoms. The van der Waals surface area contributed by atoms with E-state index in [1.807, 2.05) is 6.92 Å². The van der Waals surface area contributed by atoms with E-state index in [4.69, 9.17) is 9.15 Å². The molecule has 0 fully saturated rings. The van der Waals surface area contributed by atoms with Crippen molar-refractivity contribution in [3.8, 4) is 11.7 Å². The second kappa shape index (κ2) is 4.01. The lowest BCUT2D eigenvalue weighted by Gasteiger charge is -2.00. The monoisotopic (exact) mass is 220 g/mol. The van der Waals surface area contributed by atoms with Gasteiger partial charge in [0.05, 0.1) is 12.3 Å². The summed E-state index contributed by atoms with van der Waals surface area (Å²) in [5, 5.41) is 10.4. The maximum atomic E-state index is 10.4. The van der Waals surface area contributed by atoms with Crippen LogP contribution in [0.5, 0.6) is 11.7 Å². The molecule has 0 radical (unpaired) electrons. The van der Waals surface area contributed by atoms with Gasteiger partial charge in [0.1, 0.15) is 10.7 Å². The summed E-state index contributed by atoms with van der Waals surface area (Å²) in [6.45, 7) is 1.85. The Morgan fingerprint density at radius 3 is 2.75 bits per heavy atom. The van der Waals surface area contributed by atoms with Gasteiger partial charge in [-0.3, -0.25) is 15.1 Å². The van der Waals surface area contributed by atoms with Crippen LogP contribution in [0.15, 0.2) is 34.9 Å². The average Bonchev–Trinajstić information content (AvgIpc) is 2.70. The molecular formula is C10H8N2O4. The van der Waals surface area contributed by atoms with Crippen molar-refractivity contribution in [3.05, 3.63) is 46.3 Å². The molecule has 0 amide bonds. The molecule has 0 aliphatic heterocycles. The van der Waals surface area contributed by atoms with Gasteiger partial charge in [0, 0.05) is 11.8 Å². The third-order valence-electron chi connectivity index (χ3n) is 1.85. The molecule has 0 atom stereocenters. The highest BCUT2D eigenvalue weighted by atomic mass is 16.7. The van der Waals surface area contributed by atoms with E-state index in [0.29, 0.717) is 5.75 Å². The Kier molecular flexibility index (Phi) is 2.55. The van der Waals surface area contributed by atoms with E-state index in [1.165, 1.54) is 18.3 Å². The maximum Gasteiger partial charge on any atom is 0.436 e. The van der Waals surface area contributed by atoms with Crippen molar-refractivity contribution in [1.82, 2.24) is 4.98 Å². The van der Waals surface area contributed by atoms with Gasteiger partial charge in [-0.2, -0.15) is 0 Å². The number of furan rings is 1. The van der Waals surface area contributed by atoms with Gasteiger partial charge in [0.15, 0.2) is 0 Å². The van der Waals surface area contributed by atoms with Crippen molar-refractivity contribution < 1.29 is 14.1 Å². The first kappa shape index (κ1) is 10.2. The molecule has 0 saturated carbocycles. The van der Waals surface area contributed by atoms with Gasteiger partial charge in [0.25, 0.3) is 5.95 Å². The molecule has 2 aromatic rings. The summed E-state index contributed by atoms with van der Waals surface area (Å²) in [5.41, 5.74) is 0.859. The molecule has 0 N–H and O–H groups in total. The molecule has 2 rings (SSSR count). The first-order valence-electron chi connectivity index (χ1n) is 4.50. The molecule has 6 nitrogen and oxygen atoms in total. The highest BCUT2D eigenvalue weighted by Gasteiger charge is 2.12. The van der Waals surface area contributed by atoms with Gasteiger partial charge in [-0.15, -0.1) is 0 Å². The Bertz CT molecular complexity index is 504. The van der Waals surface area contributed by atoms with Crippen LogP contribution in [0.4, 0.5) is 5.88 Å². The minimum Gasteiger partial charge on any atom is -0.424 e. The molecule has 0 spiro atoms. The topological polar surface area (TPSA) is 78.4 Å². The summed E-state index contributed by atoms with van der Waals surface area (Å²) in [6, 6.07) is 6.10. The number of nitrogens with zero attached hydrogens (tertiary/aromatic N) is 2. The summed E-state index contributed by atoms with van der Waals surface area (Å²) in [6.07, 6.45) is 1.52. The predicted molar refractivity (Wildman–Crippen MR) is 54.4 cm³/mol. The highest BCUT2D eigenvalue weighted by molar-refractivity contribution is 5.27. The Morgan fingerprint density at radius 2 is 2.19 bits per heavy atom. The summed E-state index contributed by atoms with van der Waals surface area (Å²) < 4.78 is 10.1. The molecule has 82 valence electrons. The van der Waals surface area contributed by atoms with Crippen molar-refractivity contribution in [2.24, 2.45) is 0 Å². The zero-order valence-electron chi connectivity index (χ0n) is 8.41. The highest BCUT2D eigenvalue weighted by Crippen LogP contribution is 2.26. The fraction of sp³-hybridized carbons (Fsp3) is 0.100. The predicted octanol–water partition coefficient (Wildman–Crippen LogP) is 2.68. The zero-order valence-corrected chi connectivity index (χ0v) is 8.41. The van der Waals surface area contributed by atoms with Crippen molar-refractivity contribution in [2.75, 3.05) is 0 Å². The third kappa shape index (κ3) is 2.17. The van der Waals surface area contributed by atoms with Gasteiger partial charge < -0.3 is 9.15 Å². The molecule has 2 aromatic heterocycles. The van der Waals surface area contributed by atoms with Crippen LogP contribution in [-0.2, 0) is 0 Å². The molecular weight excluding hydrogens is 212 g/mol. The van der Waals surface area contributed by atoms with Crippen molar-refractivity contribution in [3.63, 3.8) is 0 Å². The van der Waals surface area contributed by atoms with Crippen LogP contribution in [0.3, 0.4) is 0 Å². The number of hydrogen-bond donors (Lipinski definition) is 0. The summed E-state index contributed by atoms with van der Waals surface area (Å²) in [7, 11) is 0. The molecule has 0 aromatic carbocycles. The summed E-state index contributed by atoms with van der Waals surface area (Å²) in [5.74, 6) is 0.183. The molecule has 0 aliphatic carbocycles. The van der Waals surface area contributed by atoms with Crippen LogP contribution < -0.4 is 4.74 Å². The van der Waals surface area contributed by atoms with Crippen molar-refractivity contribution in [2.45, 2.75) is 6.92 Å². The smallest absolute Gasteiger partial charge is 0.424 e. The summed E-state index contributed by atoms with van der Waals surface area (Å²) >= 11 is 0. The second-order valence-corrected chi connectivity index (χ2v) is 3.09. The Labute approximate surface area is 90.6 Å². The van der Waals surface area contributed by atoms with Gasteiger partial charge in [0.2, 0.25) is 0 Å². The first-order valence-corrected chi connectivity index (χ1v) is 4.50. The Morgan fingerprint density at radius 1 is 1.38 bits per heavy atom. The fourth-order valence-electron chi connectivity index (χ4n) is 1.09. The van der Waals surface area contributed by atoms with Gasteiger partial charge in [-0.05, 0) is 19.1 Å². The minimum absolute atomic E-state index is 0.0670. The van der Waals surface area contributed by atoms with Crippen molar-refractivity contribution in [1.29, 1.82) is 0 Å². The molecule has 0 unspecified atom stereocenters. The fourth-order valence-corrected chi connectivity index (χ4v) is 1.09. The van der Waals surface area contributed by atoms with Crippen molar-refractivity contribution >= 4 is 5.88 Å². The molecule has 0 aliphatic rings. The number of pyridine rings is 1. The molecule has 16 heavy (non-hydrogen) atoms. The van der Waals surface area contributed by atoms with Gasteiger partial charge in [-0.25, -0.2) is 0 Å². The number of aromatic nitrogens is 1. The lowest BCUT2D eigenvalue weighted by atomic mass is 10.4. The quantitative estimate of drug-likeness (QED) is 0.586. The van der Waals surface area contributed by atoms with E-state index in [1.54, 1.807) is 12.1 Å². The Hall–Kier alpha value is -2.37. The van der Waals surface area contributed by atoms with E-state index in [-0.39, 0.29) is 11.8 Å². The van der Waals surface area contributed by atoms with Crippen LogP contribution in [0.25, 0.3) is 0 Å². The average molecular weight is 220 g/mol. The molecule has 0 saturated heterocycles.